The van der Waals surface area contributed by atoms with Crippen molar-refractivity contribution in [1.82, 2.24) is 0 Å². The van der Waals surface area contributed by atoms with Crippen LogP contribution >= 0.6 is 0 Å². The molecule has 3 atom stereocenters. The van der Waals surface area contributed by atoms with Crippen LogP contribution < -0.4 is 0 Å². The van der Waals surface area contributed by atoms with Gasteiger partial charge in [0.05, 0.1) is 12.1 Å². The van der Waals surface area contributed by atoms with Gasteiger partial charge in [-0.1, -0.05) is 23.3 Å². The zero-order chi connectivity index (χ0) is 15.1. The molecule has 0 saturated carbocycles. The maximum atomic E-state index is 12.1. The van der Waals surface area contributed by atoms with Gasteiger partial charge in [0.1, 0.15) is 12.2 Å². The van der Waals surface area contributed by atoms with Gasteiger partial charge in [0.15, 0.2) is 6.29 Å². The summed E-state index contributed by atoms with van der Waals surface area (Å²) in [4.78, 5) is 14.8. The molecule has 0 aliphatic carbocycles. The second-order valence-corrected chi connectivity index (χ2v) is 4.64. The minimum atomic E-state index is -0.493. The molecule has 0 bridgehead atoms. The number of ether oxygens (including phenoxy) is 3. The minimum absolute atomic E-state index is 0.100. The van der Waals surface area contributed by atoms with Crippen molar-refractivity contribution in [2.75, 3.05) is 13.7 Å². The Morgan fingerprint density at radius 3 is 2.86 bits per heavy atom. The zero-order valence-corrected chi connectivity index (χ0v) is 11.7. The van der Waals surface area contributed by atoms with Gasteiger partial charge in [0.2, 0.25) is 0 Å². The molecule has 0 N–H and O–H groups in total. The van der Waals surface area contributed by atoms with E-state index in [0.29, 0.717) is 18.4 Å². The Labute approximate surface area is 122 Å². The molecule has 0 radical (unpaired) electrons. The van der Waals surface area contributed by atoms with Gasteiger partial charge in [-0.3, -0.25) is 0 Å². The number of carbonyl (C=O) groups is 1. The molecule has 1 heterocycles. The summed E-state index contributed by atoms with van der Waals surface area (Å²) in [6.07, 6.45) is -0.0870. The van der Waals surface area contributed by atoms with Crippen LogP contribution in [-0.2, 0) is 14.2 Å². The lowest BCUT2D eigenvalue weighted by Gasteiger charge is -2.34. The Hall–Kier alpha value is -2.08. The van der Waals surface area contributed by atoms with Crippen molar-refractivity contribution in [2.45, 2.75) is 31.3 Å². The van der Waals surface area contributed by atoms with Crippen molar-refractivity contribution in [2.24, 2.45) is 5.11 Å². The molecule has 1 fully saturated rings. The van der Waals surface area contributed by atoms with E-state index in [1.165, 1.54) is 0 Å². The number of rotatable bonds is 5. The fraction of sp³-hybridized carbons (Fsp3) is 0.500. The lowest BCUT2D eigenvalue weighted by molar-refractivity contribution is -0.208. The third-order valence-electron chi connectivity index (χ3n) is 3.28. The van der Waals surface area contributed by atoms with E-state index >= 15 is 0 Å². The van der Waals surface area contributed by atoms with Crippen LogP contribution in [0.3, 0.4) is 0 Å². The van der Waals surface area contributed by atoms with E-state index < -0.39 is 18.2 Å². The van der Waals surface area contributed by atoms with E-state index in [9.17, 15) is 4.79 Å². The smallest absolute Gasteiger partial charge is 0.338 e. The summed E-state index contributed by atoms with van der Waals surface area (Å²) in [5, 5.41) is 3.50. The highest BCUT2D eigenvalue weighted by Gasteiger charge is 2.33. The largest absolute Gasteiger partial charge is 0.456 e. The number of methoxy groups -OCH3 is 1. The first kappa shape index (κ1) is 15.3. The predicted molar refractivity (Wildman–Crippen MR) is 74.6 cm³/mol. The van der Waals surface area contributed by atoms with Crippen molar-refractivity contribution in [3.8, 4) is 0 Å². The summed E-state index contributed by atoms with van der Waals surface area (Å²) >= 11 is 0. The minimum Gasteiger partial charge on any atom is -0.456 e. The first-order valence-electron chi connectivity index (χ1n) is 6.69. The van der Waals surface area contributed by atoms with Gasteiger partial charge in [-0.05, 0) is 24.1 Å². The summed E-state index contributed by atoms with van der Waals surface area (Å²) in [5.41, 5.74) is 8.91. The molecule has 1 aromatic rings. The van der Waals surface area contributed by atoms with E-state index in [4.69, 9.17) is 19.7 Å². The van der Waals surface area contributed by atoms with Gasteiger partial charge in [-0.25, -0.2) is 4.79 Å². The summed E-state index contributed by atoms with van der Waals surface area (Å²) in [7, 11) is 1.55. The van der Waals surface area contributed by atoms with E-state index in [1.807, 2.05) is 6.07 Å². The Balaban J connectivity index is 2.02. The second kappa shape index (κ2) is 7.64. The molecule has 0 amide bonds. The Bertz CT molecular complexity index is 516. The van der Waals surface area contributed by atoms with Gasteiger partial charge in [0, 0.05) is 18.4 Å². The van der Waals surface area contributed by atoms with Crippen LogP contribution in [0.1, 0.15) is 23.2 Å². The maximum Gasteiger partial charge on any atom is 0.338 e. The highest BCUT2D eigenvalue weighted by atomic mass is 16.7. The van der Waals surface area contributed by atoms with Gasteiger partial charge in [-0.15, -0.1) is 0 Å². The van der Waals surface area contributed by atoms with E-state index in [1.54, 1.807) is 31.4 Å². The maximum absolute atomic E-state index is 12.1. The lowest BCUT2D eigenvalue weighted by Crippen LogP contribution is -2.43. The number of benzene rings is 1. The summed E-state index contributed by atoms with van der Waals surface area (Å²) in [5.74, 6) is -0.411. The highest BCUT2D eigenvalue weighted by Crippen LogP contribution is 2.24. The summed E-state index contributed by atoms with van der Waals surface area (Å²) < 4.78 is 16.2. The van der Waals surface area contributed by atoms with Gasteiger partial charge < -0.3 is 14.2 Å². The molecule has 1 aliphatic heterocycles. The molecule has 21 heavy (non-hydrogen) atoms. The molecule has 1 aliphatic rings. The van der Waals surface area contributed by atoms with E-state index in [2.05, 4.69) is 10.0 Å². The number of esters is 1. The van der Waals surface area contributed by atoms with Gasteiger partial charge in [-0.2, -0.15) is 0 Å². The molecule has 1 aromatic carbocycles. The van der Waals surface area contributed by atoms with Crippen LogP contribution in [0.25, 0.3) is 10.4 Å². The quantitative estimate of drug-likeness (QED) is 0.361. The molecule has 7 heteroatoms. The predicted octanol–water partition coefficient (Wildman–Crippen LogP) is 2.67. The van der Waals surface area contributed by atoms with Crippen molar-refractivity contribution >= 4 is 5.97 Å². The molecular weight excluding hydrogens is 274 g/mol. The first-order chi connectivity index (χ1) is 10.2. The van der Waals surface area contributed by atoms with Crippen LogP contribution in [0, 0.1) is 0 Å². The fourth-order valence-corrected chi connectivity index (χ4v) is 2.20. The Kier molecular flexibility index (Phi) is 5.57. The molecule has 0 spiro atoms. The molecule has 7 nitrogen and oxygen atoms in total. The molecular formula is C14H17N3O4. The number of azide groups is 1. The number of hydrogen-bond acceptors (Lipinski definition) is 5. The molecule has 0 aromatic heterocycles. The van der Waals surface area contributed by atoms with Gasteiger partial charge >= 0.3 is 5.97 Å². The Morgan fingerprint density at radius 1 is 1.43 bits per heavy atom. The molecule has 0 unspecified atom stereocenters. The van der Waals surface area contributed by atoms with Crippen molar-refractivity contribution in [3.63, 3.8) is 0 Å². The second-order valence-electron chi connectivity index (χ2n) is 4.64. The zero-order valence-electron chi connectivity index (χ0n) is 11.7. The molecule has 1 saturated heterocycles. The van der Waals surface area contributed by atoms with Crippen molar-refractivity contribution in [1.29, 1.82) is 0 Å². The number of hydrogen-bond donors (Lipinski definition) is 0. The average molecular weight is 291 g/mol. The standard InChI is InChI=1S/C14H17N3O4/c1-19-13-8-7-11(12(20-13)9-16-17-15)21-14(18)10-5-3-2-4-6-10/h2-6,11-13H,7-9H2,1H3/t11-,12-,13+/m1/s1. The van der Waals surface area contributed by atoms with Crippen molar-refractivity contribution in [3.05, 3.63) is 46.3 Å². The highest BCUT2D eigenvalue weighted by molar-refractivity contribution is 5.89. The third-order valence-corrected chi connectivity index (χ3v) is 3.28. The van der Waals surface area contributed by atoms with Crippen LogP contribution in [-0.4, -0.2) is 38.1 Å². The average Bonchev–Trinajstić information content (AvgIpc) is 2.54. The van der Waals surface area contributed by atoms with Crippen LogP contribution in [0.2, 0.25) is 0 Å². The van der Waals surface area contributed by atoms with Crippen molar-refractivity contribution < 1.29 is 19.0 Å². The summed E-state index contributed by atoms with van der Waals surface area (Å²) in [6, 6.07) is 8.74. The molecule has 112 valence electrons. The van der Waals surface area contributed by atoms with Gasteiger partial charge in [0.25, 0.3) is 0 Å². The monoisotopic (exact) mass is 291 g/mol. The van der Waals surface area contributed by atoms with E-state index in [-0.39, 0.29) is 12.8 Å². The topological polar surface area (TPSA) is 93.5 Å². The third kappa shape index (κ3) is 4.19. The summed E-state index contributed by atoms with van der Waals surface area (Å²) in [6.45, 7) is 0.100. The Morgan fingerprint density at radius 2 is 2.19 bits per heavy atom. The number of nitrogens with zero attached hydrogens (tertiary/aromatic N) is 3. The normalized spacial score (nSPS) is 24.9. The van der Waals surface area contributed by atoms with Crippen LogP contribution in [0.4, 0.5) is 0 Å². The fourth-order valence-electron chi connectivity index (χ4n) is 2.20. The SMILES string of the molecule is CO[C@@H]1CC[C@@H](OC(=O)c2ccccc2)[C@@H](CN=[N+]=[N-])O1. The van der Waals surface area contributed by atoms with Crippen LogP contribution in [0.15, 0.2) is 35.4 Å². The van der Waals surface area contributed by atoms with Crippen LogP contribution in [0.5, 0.6) is 0 Å². The van der Waals surface area contributed by atoms with E-state index in [0.717, 1.165) is 0 Å². The lowest BCUT2D eigenvalue weighted by atomic mass is 10.0. The number of carbonyl (C=O) groups excluding carboxylic acids is 1. The first-order valence-corrected chi connectivity index (χ1v) is 6.69. The molecule has 2 rings (SSSR count).